The van der Waals surface area contributed by atoms with Crippen LogP contribution in [0.3, 0.4) is 0 Å². The number of hydrogen-bond acceptors (Lipinski definition) is 5. The second-order valence-corrected chi connectivity index (χ2v) is 7.79. The van der Waals surface area contributed by atoms with Crippen LogP contribution in [0.15, 0.2) is 53.1 Å². The van der Waals surface area contributed by atoms with Crippen molar-refractivity contribution in [3.05, 3.63) is 65.8 Å². The molecule has 0 spiro atoms. The fourth-order valence-corrected chi connectivity index (χ4v) is 3.80. The van der Waals surface area contributed by atoms with Gasteiger partial charge in [0.05, 0.1) is 12.0 Å². The third kappa shape index (κ3) is 4.41. The molecule has 2 heterocycles. The Morgan fingerprint density at radius 1 is 1.27 bits per heavy atom. The number of carbonyl (C=O) groups is 1. The Morgan fingerprint density at radius 3 is 2.83 bits per heavy atom. The standard InChI is InChI=1S/C23H25FN4O2/c1-15-13-17(10-11-20(15)24)21-26-23(30-27-21)16(2)28-12-6-7-18(14-28)22(29)25-19-8-4-3-5-9-19/h3-5,8-11,13,16,18H,6-7,12,14H2,1-2H3,(H,25,29). The predicted octanol–water partition coefficient (Wildman–Crippen LogP) is 4.60. The summed E-state index contributed by atoms with van der Waals surface area (Å²) in [7, 11) is 0. The molecule has 3 aromatic rings. The summed E-state index contributed by atoms with van der Waals surface area (Å²) in [6, 6.07) is 14.2. The molecule has 2 atom stereocenters. The van der Waals surface area contributed by atoms with Gasteiger partial charge in [-0.2, -0.15) is 4.98 Å². The van der Waals surface area contributed by atoms with Gasteiger partial charge in [0.15, 0.2) is 0 Å². The zero-order valence-corrected chi connectivity index (χ0v) is 17.1. The molecule has 2 aromatic carbocycles. The van der Waals surface area contributed by atoms with Crippen LogP contribution in [0, 0.1) is 18.7 Å². The minimum Gasteiger partial charge on any atom is -0.337 e. The van der Waals surface area contributed by atoms with E-state index in [1.807, 2.05) is 37.3 Å². The summed E-state index contributed by atoms with van der Waals surface area (Å²) in [5, 5.41) is 7.07. The number of nitrogens with one attached hydrogen (secondary N) is 1. The van der Waals surface area contributed by atoms with Gasteiger partial charge >= 0.3 is 0 Å². The van der Waals surface area contributed by atoms with Crippen LogP contribution in [0.25, 0.3) is 11.4 Å². The Bertz CT molecular complexity index is 1020. The van der Waals surface area contributed by atoms with Crippen LogP contribution in [0.2, 0.25) is 0 Å². The van der Waals surface area contributed by atoms with Crippen molar-refractivity contribution in [1.29, 1.82) is 0 Å². The van der Waals surface area contributed by atoms with Crippen LogP contribution < -0.4 is 5.32 Å². The van der Waals surface area contributed by atoms with Crippen molar-refractivity contribution in [2.75, 3.05) is 18.4 Å². The minimum atomic E-state index is -0.260. The van der Waals surface area contributed by atoms with E-state index < -0.39 is 0 Å². The third-order valence-corrected chi connectivity index (χ3v) is 5.63. The van der Waals surface area contributed by atoms with Crippen molar-refractivity contribution in [3.63, 3.8) is 0 Å². The summed E-state index contributed by atoms with van der Waals surface area (Å²) >= 11 is 0. The van der Waals surface area contributed by atoms with Crippen LogP contribution >= 0.6 is 0 Å². The van der Waals surface area contributed by atoms with Gasteiger partial charge < -0.3 is 9.84 Å². The van der Waals surface area contributed by atoms with Crippen molar-refractivity contribution in [2.24, 2.45) is 5.92 Å². The van der Waals surface area contributed by atoms with Gasteiger partial charge in [0, 0.05) is 17.8 Å². The Morgan fingerprint density at radius 2 is 2.07 bits per heavy atom. The highest BCUT2D eigenvalue weighted by Gasteiger charge is 2.31. The number of aromatic nitrogens is 2. The first-order chi connectivity index (χ1) is 14.5. The first kappa shape index (κ1) is 20.2. The molecule has 0 bridgehead atoms. The molecule has 1 aliphatic heterocycles. The summed E-state index contributed by atoms with van der Waals surface area (Å²) in [5.41, 5.74) is 2.06. The number of rotatable bonds is 5. The van der Waals surface area contributed by atoms with Crippen molar-refractivity contribution in [2.45, 2.75) is 32.7 Å². The first-order valence-corrected chi connectivity index (χ1v) is 10.2. The zero-order valence-electron chi connectivity index (χ0n) is 17.1. The lowest BCUT2D eigenvalue weighted by molar-refractivity contribution is -0.121. The first-order valence-electron chi connectivity index (χ1n) is 10.2. The smallest absolute Gasteiger partial charge is 0.244 e. The van der Waals surface area contributed by atoms with E-state index in [2.05, 4.69) is 20.4 Å². The van der Waals surface area contributed by atoms with E-state index in [1.54, 1.807) is 19.1 Å². The molecule has 30 heavy (non-hydrogen) atoms. The number of amides is 1. The van der Waals surface area contributed by atoms with Gasteiger partial charge in [-0.1, -0.05) is 23.4 Å². The minimum absolute atomic E-state index is 0.0334. The Kier molecular flexibility index (Phi) is 5.90. The maximum Gasteiger partial charge on any atom is 0.244 e. The molecule has 1 aliphatic rings. The van der Waals surface area contributed by atoms with Crippen LogP contribution in [0.5, 0.6) is 0 Å². The lowest BCUT2D eigenvalue weighted by Crippen LogP contribution is -2.41. The molecule has 0 radical (unpaired) electrons. The molecule has 0 saturated carbocycles. The normalized spacial score (nSPS) is 18.2. The molecule has 4 rings (SSSR count). The Hall–Kier alpha value is -3.06. The number of piperidine rings is 1. The SMILES string of the molecule is Cc1cc(-c2noc(C(C)N3CCCC(C(=O)Nc4ccccc4)C3)n2)ccc1F. The molecular weight excluding hydrogens is 383 g/mol. The Labute approximate surface area is 175 Å². The number of benzene rings is 2. The van der Waals surface area contributed by atoms with E-state index >= 15 is 0 Å². The summed E-state index contributed by atoms with van der Waals surface area (Å²) in [5.74, 6) is 0.616. The predicted molar refractivity (Wildman–Crippen MR) is 112 cm³/mol. The van der Waals surface area contributed by atoms with Crippen molar-refractivity contribution in [1.82, 2.24) is 15.0 Å². The van der Waals surface area contributed by atoms with Gasteiger partial charge in [0.1, 0.15) is 5.82 Å². The molecule has 7 heteroatoms. The molecule has 1 saturated heterocycles. The molecular formula is C23H25FN4O2. The van der Waals surface area contributed by atoms with Gasteiger partial charge in [-0.05, 0) is 69.1 Å². The molecule has 156 valence electrons. The largest absolute Gasteiger partial charge is 0.337 e. The van der Waals surface area contributed by atoms with Gasteiger partial charge in [0.25, 0.3) is 0 Å². The second-order valence-electron chi connectivity index (χ2n) is 7.79. The van der Waals surface area contributed by atoms with E-state index in [1.165, 1.54) is 6.07 Å². The highest BCUT2D eigenvalue weighted by molar-refractivity contribution is 5.92. The van der Waals surface area contributed by atoms with Gasteiger partial charge in [-0.15, -0.1) is 0 Å². The highest BCUT2D eigenvalue weighted by atomic mass is 19.1. The average molecular weight is 408 g/mol. The molecule has 0 aliphatic carbocycles. The molecule has 1 fully saturated rings. The summed E-state index contributed by atoms with van der Waals surface area (Å²) < 4.78 is 19.0. The number of para-hydroxylation sites is 1. The van der Waals surface area contributed by atoms with Crippen molar-refractivity contribution in [3.8, 4) is 11.4 Å². The molecule has 1 aromatic heterocycles. The van der Waals surface area contributed by atoms with Crippen LogP contribution in [-0.2, 0) is 4.79 Å². The third-order valence-electron chi connectivity index (χ3n) is 5.63. The Balaban J connectivity index is 1.43. The zero-order chi connectivity index (χ0) is 21.1. The number of aryl methyl sites for hydroxylation is 1. The van der Waals surface area contributed by atoms with Crippen molar-refractivity contribution >= 4 is 11.6 Å². The second kappa shape index (κ2) is 8.75. The highest BCUT2D eigenvalue weighted by Crippen LogP contribution is 2.28. The van der Waals surface area contributed by atoms with Gasteiger partial charge in [-0.3, -0.25) is 9.69 Å². The maximum absolute atomic E-state index is 13.5. The van der Waals surface area contributed by atoms with E-state index in [0.717, 1.165) is 30.6 Å². The number of nitrogens with zero attached hydrogens (tertiary/aromatic N) is 3. The number of anilines is 1. The van der Waals surface area contributed by atoms with Crippen LogP contribution in [0.1, 0.15) is 37.3 Å². The number of carbonyl (C=O) groups excluding carboxylic acids is 1. The van der Waals surface area contributed by atoms with E-state index in [9.17, 15) is 9.18 Å². The fourth-order valence-electron chi connectivity index (χ4n) is 3.80. The summed E-state index contributed by atoms with van der Waals surface area (Å²) in [6.07, 6.45) is 1.78. The van der Waals surface area contributed by atoms with Gasteiger partial charge in [0.2, 0.25) is 17.6 Å². The quantitative estimate of drug-likeness (QED) is 0.668. The summed E-state index contributed by atoms with van der Waals surface area (Å²) in [6.45, 7) is 5.21. The average Bonchev–Trinajstić information content (AvgIpc) is 3.26. The molecule has 6 nitrogen and oxygen atoms in total. The fraction of sp³-hybridized carbons (Fsp3) is 0.348. The van der Waals surface area contributed by atoms with Gasteiger partial charge in [-0.25, -0.2) is 4.39 Å². The lowest BCUT2D eigenvalue weighted by atomic mass is 9.96. The monoisotopic (exact) mass is 408 g/mol. The van der Waals surface area contributed by atoms with E-state index in [-0.39, 0.29) is 23.7 Å². The van der Waals surface area contributed by atoms with E-state index in [4.69, 9.17) is 4.52 Å². The van der Waals surface area contributed by atoms with E-state index in [0.29, 0.717) is 23.8 Å². The molecule has 1 amide bonds. The maximum atomic E-state index is 13.5. The van der Waals surface area contributed by atoms with Crippen LogP contribution in [-0.4, -0.2) is 34.0 Å². The molecule has 2 unspecified atom stereocenters. The number of halogens is 1. The topological polar surface area (TPSA) is 71.3 Å². The van der Waals surface area contributed by atoms with Crippen LogP contribution in [0.4, 0.5) is 10.1 Å². The lowest BCUT2D eigenvalue weighted by Gasteiger charge is -2.34. The summed E-state index contributed by atoms with van der Waals surface area (Å²) in [4.78, 5) is 19.4. The molecule has 1 N–H and O–H groups in total. The number of hydrogen-bond donors (Lipinski definition) is 1. The number of likely N-dealkylation sites (tertiary alicyclic amines) is 1. The van der Waals surface area contributed by atoms with Crippen molar-refractivity contribution < 1.29 is 13.7 Å².